The molecule has 0 aromatic carbocycles. The fourth-order valence-electron chi connectivity index (χ4n) is 1.75. The van der Waals surface area contributed by atoms with Gasteiger partial charge in [0.1, 0.15) is 11.7 Å². The quantitative estimate of drug-likeness (QED) is 0.340. The van der Waals surface area contributed by atoms with E-state index in [0.29, 0.717) is 12.7 Å². The Labute approximate surface area is 93.2 Å². The van der Waals surface area contributed by atoms with Crippen LogP contribution in [0.1, 0.15) is 19.8 Å². The molecule has 1 aliphatic rings. The third-order valence-electron chi connectivity index (χ3n) is 2.63. The van der Waals surface area contributed by atoms with Crippen LogP contribution in [0, 0.1) is 17.4 Å². The van der Waals surface area contributed by atoms with Crippen molar-refractivity contribution in [1.82, 2.24) is 0 Å². The lowest BCUT2D eigenvalue weighted by molar-refractivity contribution is -0.122. The number of aldehydes is 1. The monoisotopic (exact) mass is 228 g/mol. The van der Waals surface area contributed by atoms with Crippen molar-refractivity contribution in [2.24, 2.45) is 17.0 Å². The molecule has 1 amide bonds. The molecule has 0 aromatic heterocycles. The molecule has 82 valence electrons. The molecule has 1 saturated carbocycles. The van der Waals surface area contributed by atoms with Crippen LogP contribution < -0.4 is 0 Å². The van der Waals surface area contributed by atoms with E-state index in [4.69, 9.17) is 17.1 Å². The molecule has 1 rings (SSSR count). The molecule has 0 bridgehead atoms. The summed E-state index contributed by atoms with van der Waals surface area (Å²) < 4.78 is 0. The van der Waals surface area contributed by atoms with Gasteiger partial charge in [0, 0.05) is 5.92 Å². The zero-order chi connectivity index (χ0) is 11.4. The van der Waals surface area contributed by atoms with Gasteiger partial charge in [-0.2, -0.15) is 0 Å². The van der Waals surface area contributed by atoms with E-state index < -0.39 is 5.38 Å². The third kappa shape index (κ3) is 2.96. The van der Waals surface area contributed by atoms with Crippen LogP contribution >= 0.6 is 11.6 Å². The van der Waals surface area contributed by atoms with E-state index in [-0.39, 0.29) is 17.7 Å². The summed E-state index contributed by atoms with van der Waals surface area (Å²) in [6.07, 6.45) is 3.79. The predicted molar refractivity (Wildman–Crippen MR) is 55.8 cm³/mol. The number of carbonyl (C=O) groups excluding carboxylic acids is 2. The minimum absolute atomic E-state index is 0.137. The van der Waals surface area contributed by atoms with E-state index in [1.807, 2.05) is 6.92 Å². The highest BCUT2D eigenvalue weighted by Gasteiger charge is 2.40. The van der Waals surface area contributed by atoms with Crippen molar-refractivity contribution in [3.63, 3.8) is 0 Å². The largest absolute Gasteiger partial charge is 0.301 e. The van der Waals surface area contributed by atoms with E-state index in [2.05, 4.69) is 5.11 Å². The average Bonchev–Trinajstić information content (AvgIpc) is 2.97. The third-order valence-corrected chi connectivity index (χ3v) is 2.86. The first kappa shape index (κ1) is 12.0. The molecular formula is C10H13ClN2O2. The second kappa shape index (κ2) is 5.16. The Bertz CT molecular complexity index is 315. The van der Waals surface area contributed by atoms with E-state index in [1.54, 1.807) is 6.08 Å². The standard InChI is InChI=1S/C10H13ClN2O2/c1-2-8(10(15)13-12)9-4-6(9)3-7(11)5-14/h3,5,7-9,12H,2,4H2,1H3. The number of alkyl halides is 1. The maximum absolute atomic E-state index is 11.2. The maximum atomic E-state index is 11.2. The molecule has 3 atom stereocenters. The van der Waals surface area contributed by atoms with Crippen molar-refractivity contribution in [1.29, 1.82) is 5.53 Å². The van der Waals surface area contributed by atoms with Crippen LogP contribution in [0.3, 0.4) is 0 Å². The van der Waals surface area contributed by atoms with E-state index >= 15 is 0 Å². The van der Waals surface area contributed by atoms with Gasteiger partial charge < -0.3 is 4.79 Å². The highest BCUT2D eigenvalue weighted by molar-refractivity contribution is 6.29. The molecule has 0 aromatic rings. The van der Waals surface area contributed by atoms with Gasteiger partial charge in [-0.15, -0.1) is 16.7 Å². The summed E-state index contributed by atoms with van der Waals surface area (Å²) in [4.78, 5) is 21.6. The number of halogens is 1. The predicted octanol–water partition coefficient (Wildman–Crippen LogP) is 2.32. The number of hydrogen-bond donors (Lipinski definition) is 1. The minimum Gasteiger partial charge on any atom is -0.301 e. The van der Waals surface area contributed by atoms with Crippen LogP contribution in [0.25, 0.3) is 0 Å². The summed E-state index contributed by atoms with van der Waals surface area (Å²) in [6, 6.07) is 0. The Balaban J connectivity index is 2.61. The lowest BCUT2D eigenvalue weighted by Gasteiger charge is -2.06. The van der Waals surface area contributed by atoms with Crippen molar-refractivity contribution < 1.29 is 9.59 Å². The average molecular weight is 229 g/mol. The van der Waals surface area contributed by atoms with Crippen LogP contribution in [0.15, 0.2) is 16.8 Å². The number of nitrogens with one attached hydrogen (secondary N) is 1. The van der Waals surface area contributed by atoms with Crippen LogP contribution in [0.4, 0.5) is 0 Å². The summed E-state index contributed by atoms with van der Waals surface area (Å²) in [5, 5.41) is 2.33. The molecule has 3 unspecified atom stereocenters. The zero-order valence-electron chi connectivity index (χ0n) is 8.44. The van der Waals surface area contributed by atoms with Gasteiger partial charge in [-0.25, -0.2) is 5.53 Å². The molecule has 1 fully saturated rings. The summed E-state index contributed by atoms with van der Waals surface area (Å²) in [5.74, 6) is -0.467. The topological polar surface area (TPSA) is 70.3 Å². The Kier molecular flexibility index (Phi) is 4.15. The lowest BCUT2D eigenvalue weighted by atomic mass is 9.99. The zero-order valence-corrected chi connectivity index (χ0v) is 9.20. The van der Waals surface area contributed by atoms with Crippen LogP contribution in [0.5, 0.6) is 0 Å². The van der Waals surface area contributed by atoms with Gasteiger partial charge >= 0.3 is 0 Å². The Morgan fingerprint density at radius 3 is 2.93 bits per heavy atom. The summed E-state index contributed by atoms with van der Waals surface area (Å²) in [5.41, 5.74) is 7.71. The van der Waals surface area contributed by atoms with Gasteiger partial charge in [0.25, 0.3) is 5.91 Å². The van der Waals surface area contributed by atoms with Crippen LogP contribution in [-0.2, 0) is 9.59 Å². The molecule has 4 nitrogen and oxygen atoms in total. The Morgan fingerprint density at radius 2 is 2.47 bits per heavy atom. The van der Waals surface area contributed by atoms with Crippen LogP contribution in [0.2, 0.25) is 0 Å². The molecule has 0 spiro atoms. The van der Waals surface area contributed by atoms with Crippen molar-refractivity contribution in [3.8, 4) is 0 Å². The number of allylic oxidation sites excluding steroid dienone is 2. The van der Waals surface area contributed by atoms with Gasteiger partial charge in [0.15, 0.2) is 0 Å². The van der Waals surface area contributed by atoms with Gasteiger partial charge in [-0.3, -0.25) is 4.79 Å². The maximum Gasteiger partial charge on any atom is 0.267 e. The lowest BCUT2D eigenvalue weighted by Crippen LogP contribution is -2.12. The van der Waals surface area contributed by atoms with Crippen molar-refractivity contribution in [2.45, 2.75) is 25.1 Å². The number of carbonyl (C=O) groups is 2. The van der Waals surface area contributed by atoms with Crippen molar-refractivity contribution >= 4 is 23.8 Å². The number of amides is 1. The molecule has 0 radical (unpaired) electrons. The van der Waals surface area contributed by atoms with E-state index in [0.717, 1.165) is 12.0 Å². The van der Waals surface area contributed by atoms with Crippen LogP contribution in [-0.4, -0.2) is 17.6 Å². The van der Waals surface area contributed by atoms with Gasteiger partial charge in [-0.1, -0.05) is 18.6 Å². The molecule has 15 heavy (non-hydrogen) atoms. The number of hydrogen-bond acceptors (Lipinski definition) is 3. The van der Waals surface area contributed by atoms with Crippen molar-refractivity contribution in [3.05, 3.63) is 11.6 Å². The second-order valence-corrected chi connectivity index (χ2v) is 4.10. The minimum atomic E-state index is -0.606. The van der Waals surface area contributed by atoms with Gasteiger partial charge in [0.05, 0.1) is 0 Å². The highest BCUT2D eigenvalue weighted by Crippen LogP contribution is 2.45. The summed E-state index contributed by atoms with van der Waals surface area (Å²) in [7, 11) is 0. The van der Waals surface area contributed by atoms with Crippen molar-refractivity contribution in [2.75, 3.05) is 0 Å². The first-order valence-electron chi connectivity index (χ1n) is 4.85. The Morgan fingerprint density at radius 1 is 1.80 bits per heavy atom. The molecule has 1 aliphatic carbocycles. The number of nitrogens with zero attached hydrogens (tertiary/aromatic N) is 1. The van der Waals surface area contributed by atoms with E-state index in [1.165, 1.54) is 0 Å². The number of rotatable bonds is 5. The normalized spacial score (nSPS) is 25.7. The first-order valence-corrected chi connectivity index (χ1v) is 5.28. The second-order valence-electron chi connectivity index (χ2n) is 3.60. The molecule has 0 saturated heterocycles. The first-order chi connectivity index (χ1) is 7.13. The van der Waals surface area contributed by atoms with Gasteiger partial charge in [0.2, 0.25) is 0 Å². The molecule has 0 heterocycles. The fourth-order valence-corrected chi connectivity index (χ4v) is 1.91. The Hall–Kier alpha value is -1.03. The highest BCUT2D eigenvalue weighted by atomic mass is 35.5. The molecule has 5 heteroatoms. The van der Waals surface area contributed by atoms with Gasteiger partial charge in [-0.05, 0) is 18.8 Å². The van der Waals surface area contributed by atoms with E-state index in [9.17, 15) is 9.59 Å². The SMILES string of the molecule is CCC(C(=O)N=N)C1CC1=CC(Cl)C=O. The smallest absolute Gasteiger partial charge is 0.267 e. The summed E-state index contributed by atoms with van der Waals surface area (Å²) >= 11 is 5.64. The fraction of sp³-hybridized carbons (Fsp3) is 0.600. The molecule has 0 aliphatic heterocycles. The molecule has 1 N–H and O–H groups in total. The molecular weight excluding hydrogens is 216 g/mol. The summed E-state index contributed by atoms with van der Waals surface area (Å²) in [6.45, 7) is 1.89.